The lowest BCUT2D eigenvalue weighted by Gasteiger charge is -2.47. The second-order valence-corrected chi connectivity index (χ2v) is 8.05. The van der Waals surface area contributed by atoms with E-state index in [1.165, 1.54) is 6.42 Å². The smallest absolute Gasteiger partial charge is 0.228 e. The fraction of sp³-hybridized carbons (Fsp3) is 0.789. The van der Waals surface area contributed by atoms with E-state index in [0.29, 0.717) is 19.3 Å². The maximum absolute atomic E-state index is 13.1. The number of nitrogens with zero attached hydrogens (tertiary/aromatic N) is 2. The SMILES string of the molecule is CC(C)(C[CH]C(=O)N(C1CCCCC1)C1(C#N)CCNCC1)C(N)=O. The first-order valence-corrected chi connectivity index (χ1v) is 9.41. The van der Waals surface area contributed by atoms with Crippen molar-refractivity contribution in [2.24, 2.45) is 11.1 Å². The Morgan fingerprint density at radius 1 is 1.28 bits per heavy atom. The van der Waals surface area contributed by atoms with Crippen molar-refractivity contribution in [3.05, 3.63) is 6.42 Å². The largest absolute Gasteiger partial charge is 0.369 e. The molecular formula is C19H31N4O2. The number of piperidine rings is 1. The summed E-state index contributed by atoms with van der Waals surface area (Å²) >= 11 is 0. The maximum atomic E-state index is 13.1. The summed E-state index contributed by atoms with van der Waals surface area (Å²) in [6.45, 7) is 4.98. The number of nitrogens with one attached hydrogen (secondary N) is 1. The molecule has 2 rings (SSSR count). The third kappa shape index (κ3) is 4.52. The summed E-state index contributed by atoms with van der Waals surface area (Å²) in [7, 11) is 0. The van der Waals surface area contributed by atoms with Gasteiger partial charge in [0, 0.05) is 11.5 Å². The van der Waals surface area contributed by atoms with Gasteiger partial charge >= 0.3 is 0 Å². The van der Waals surface area contributed by atoms with Gasteiger partial charge < -0.3 is 16.0 Å². The molecule has 6 nitrogen and oxygen atoms in total. The van der Waals surface area contributed by atoms with Gasteiger partial charge in [-0.25, -0.2) is 0 Å². The molecule has 139 valence electrons. The number of primary amides is 1. The fourth-order valence-electron chi connectivity index (χ4n) is 3.87. The summed E-state index contributed by atoms with van der Waals surface area (Å²) < 4.78 is 0. The van der Waals surface area contributed by atoms with Crippen LogP contribution in [0.15, 0.2) is 0 Å². The minimum Gasteiger partial charge on any atom is -0.369 e. The van der Waals surface area contributed by atoms with E-state index >= 15 is 0 Å². The minimum atomic E-state index is -0.762. The molecule has 1 saturated carbocycles. The third-order valence-electron chi connectivity index (χ3n) is 5.73. The summed E-state index contributed by atoms with van der Waals surface area (Å²) in [6.07, 6.45) is 8.47. The van der Waals surface area contributed by atoms with Crippen LogP contribution >= 0.6 is 0 Å². The molecule has 1 aliphatic carbocycles. The number of carbonyl (C=O) groups is 2. The van der Waals surface area contributed by atoms with Crippen molar-refractivity contribution in [1.82, 2.24) is 10.2 Å². The Morgan fingerprint density at radius 2 is 1.88 bits per heavy atom. The van der Waals surface area contributed by atoms with Crippen LogP contribution < -0.4 is 11.1 Å². The van der Waals surface area contributed by atoms with Crippen molar-refractivity contribution in [3.8, 4) is 6.07 Å². The number of amides is 2. The van der Waals surface area contributed by atoms with Gasteiger partial charge in [-0.1, -0.05) is 33.1 Å². The van der Waals surface area contributed by atoms with Crippen molar-refractivity contribution in [1.29, 1.82) is 5.26 Å². The van der Waals surface area contributed by atoms with E-state index in [-0.39, 0.29) is 11.9 Å². The van der Waals surface area contributed by atoms with Crippen LogP contribution in [-0.4, -0.2) is 41.4 Å². The van der Waals surface area contributed by atoms with Gasteiger partial charge in [0.05, 0.1) is 12.5 Å². The van der Waals surface area contributed by atoms with Crippen molar-refractivity contribution in [2.45, 2.75) is 76.8 Å². The molecule has 0 aromatic carbocycles. The maximum Gasteiger partial charge on any atom is 0.228 e. The Kier molecular flexibility index (Phi) is 6.45. The monoisotopic (exact) mass is 347 g/mol. The van der Waals surface area contributed by atoms with Crippen molar-refractivity contribution < 1.29 is 9.59 Å². The highest BCUT2D eigenvalue weighted by atomic mass is 16.2. The first kappa shape index (κ1) is 19.7. The van der Waals surface area contributed by atoms with Crippen LogP contribution in [0.2, 0.25) is 0 Å². The van der Waals surface area contributed by atoms with Crippen LogP contribution in [0.1, 0.15) is 65.2 Å². The number of rotatable bonds is 6. The molecule has 3 N–H and O–H groups in total. The Morgan fingerprint density at radius 3 is 2.40 bits per heavy atom. The predicted octanol–water partition coefficient (Wildman–Crippen LogP) is 1.90. The average Bonchev–Trinajstić information content (AvgIpc) is 2.62. The van der Waals surface area contributed by atoms with Crippen LogP contribution in [0.4, 0.5) is 0 Å². The molecular weight excluding hydrogens is 316 g/mol. The summed E-state index contributed by atoms with van der Waals surface area (Å²) in [5, 5.41) is 13.2. The number of nitriles is 1. The summed E-state index contributed by atoms with van der Waals surface area (Å²) in [4.78, 5) is 26.5. The predicted molar refractivity (Wildman–Crippen MR) is 96.1 cm³/mol. The van der Waals surface area contributed by atoms with Gasteiger partial charge in [-0.2, -0.15) is 5.26 Å². The van der Waals surface area contributed by atoms with Crippen LogP contribution in [-0.2, 0) is 9.59 Å². The molecule has 1 saturated heterocycles. The van der Waals surface area contributed by atoms with E-state index in [4.69, 9.17) is 5.73 Å². The standard InChI is InChI=1S/C19H31N4O2/c1-18(2,17(21)25)9-8-16(24)23(15-6-4-3-5-7-15)19(14-20)10-12-22-13-11-19/h8,15,22H,3-7,9-13H2,1-2H3,(H2,21,25). The molecule has 0 aromatic rings. The molecule has 25 heavy (non-hydrogen) atoms. The summed E-state index contributed by atoms with van der Waals surface area (Å²) in [5.74, 6) is -0.540. The van der Waals surface area contributed by atoms with E-state index in [1.54, 1.807) is 20.3 Å². The molecule has 0 spiro atoms. The molecule has 0 aromatic heterocycles. The second-order valence-electron chi connectivity index (χ2n) is 8.05. The number of nitrogens with two attached hydrogens (primary N) is 1. The van der Waals surface area contributed by atoms with E-state index in [2.05, 4.69) is 11.4 Å². The minimum absolute atomic E-state index is 0.118. The molecule has 2 amide bonds. The third-order valence-corrected chi connectivity index (χ3v) is 5.73. The normalized spacial score (nSPS) is 21.3. The first-order valence-electron chi connectivity index (χ1n) is 9.41. The average molecular weight is 347 g/mol. The molecule has 2 fully saturated rings. The number of hydrogen-bond acceptors (Lipinski definition) is 4. The Labute approximate surface area is 151 Å². The highest BCUT2D eigenvalue weighted by Gasteiger charge is 2.45. The van der Waals surface area contributed by atoms with Crippen LogP contribution in [0, 0.1) is 23.2 Å². The van der Waals surface area contributed by atoms with Crippen LogP contribution in [0.5, 0.6) is 0 Å². The molecule has 6 heteroatoms. The summed E-state index contributed by atoms with van der Waals surface area (Å²) in [6, 6.07) is 2.59. The molecule has 0 unspecified atom stereocenters. The van der Waals surface area contributed by atoms with Gasteiger partial charge in [0.1, 0.15) is 5.54 Å². The molecule has 1 radical (unpaired) electrons. The Balaban J connectivity index is 2.20. The van der Waals surface area contributed by atoms with Gasteiger partial charge in [0.25, 0.3) is 0 Å². The van der Waals surface area contributed by atoms with E-state index in [0.717, 1.165) is 38.8 Å². The van der Waals surface area contributed by atoms with Gasteiger partial charge in [-0.15, -0.1) is 0 Å². The van der Waals surface area contributed by atoms with E-state index in [9.17, 15) is 14.9 Å². The Hall–Kier alpha value is -1.61. The Bertz CT molecular complexity index is 526. The molecule has 2 aliphatic rings. The lowest BCUT2D eigenvalue weighted by atomic mass is 9.82. The summed E-state index contributed by atoms with van der Waals surface area (Å²) in [5.41, 5.74) is 3.93. The van der Waals surface area contributed by atoms with Gasteiger partial charge in [-0.3, -0.25) is 9.59 Å². The second kappa shape index (κ2) is 8.18. The first-order chi connectivity index (χ1) is 11.8. The molecule has 1 heterocycles. The van der Waals surface area contributed by atoms with Crippen molar-refractivity contribution >= 4 is 11.8 Å². The molecule has 0 atom stereocenters. The highest BCUT2D eigenvalue weighted by Crippen LogP contribution is 2.35. The van der Waals surface area contributed by atoms with Crippen molar-refractivity contribution in [3.63, 3.8) is 0 Å². The van der Waals surface area contributed by atoms with Crippen molar-refractivity contribution in [2.75, 3.05) is 13.1 Å². The quantitative estimate of drug-likeness (QED) is 0.766. The van der Waals surface area contributed by atoms with E-state index in [1.807, 2.05) is 4.90 Å². The number of carbonyl (C=O) groups excluding carboxylic acids is 2. The van der Waals surface area contributed by atoms with Gasteiger partial charge in [0.2, 0.25) is 11.8 Å². The zero-order valence-corrected chi connectivity index (χ0v) is 15.5. The molecule has 1 aliphatic heterocycles. The fourth-order valence-corrected chi connectivity index (χ4v) is 3.87. The van der Waals surface area contributed by atoms with Gasteiger partial charge in [0.15, 0.2) is 0 Å². The zero-order valence-electron chi connectivity index (χ0n) is 15.5. The van der Waals surface area contributed by atoms with E-state index < -0.39 is 16.9 Å². The van der Waals surface area contributed by atoms with Crippen LogP contribution in [0.3, 0.4) is 0 Å². The lowest BCUT2D eigenvalue weighted by Crippen LogP contribution is -2.60. The van der Waals surface area contributed by atoms with Gasteiger partial charge in [-0.05, 0) is 45.2 Å². The molecule has 0 bridgehead atoms. The topological polar surface area (TPSA) is 99.2 Å². The highest BCUT2D eigenvalue weighted by molar-refractivity contribution is 5.88. The van der Waals surface area contributed by atoms with Crippen LogP contribution in [0.25, 0.3) is 0 Å². The number of hydrogen-bond donors (Lipinski definition) is 2. The zero-order chi connectivity index (χ0) is 18.5. The lowest BCUT2D eigenvalue weighted by molar-refractivity contribution is -0.137.